The van der Waals surface area contributed by atoms with Crippen molar-refractivity contribution in [1.82, 2.24) is 5.32 Å². The predicted octanol–water partition coefficient (Wildman–Crippen LogP) is 2.76. The zero-order valence-electron chi connectivity index (χ0n) is 12.0. The van der Waals surface area contributed by atoms with Crippen molar-refractivity contribution in [3.05, 3.63) is 70.7 Å². The summed E-state index contributed by atoms with van der Waals surface area (Å²) in [4.78, 5) is 24.0. The number of nitrogens with one attached hydrogen (secondary N) is 1. The van der Waals surface area contributed by atoms with Crippen molar-refractivity contribution in [3.63, 3.8) is 0 Å². The Bertz CT molecular complexity index is 655. The van der Waals surface area contributed by atoms with Crippen LogP contribution in [0.15, 0.2) is 54.6 Å². The Balaban J connectivity index is 2.02. The molecule has 1 amide bonds. The molecule has 0 saturated carbocycles. The van der Waals surface area contributed by atoms with E-state index in [9.17, 15) is 14.7 Å². The molecule has 2 N–H and O–H groups in total. The van der Waals surface area contributed by atoms with Crippen molar-refractivity contribution in [2.24, 2.45) is 0 Å². The van der Waals surface area contributed by atoms with E-state index in [0.29, 0.717) is 10.6 Å². The molecule has 0 spiro atoms. The maximum Gasteiger partial charge on any atom is 0.292 e. The molecular formula is C17H16ClNO3. The molecule has 0 aliphatic carbocycles. The van der Waals surface area contributed by atoms with Gasteiger partial charge in [-0.2, -0.15) is 0 Å². The molecule has 0 aliphatic heterocycles. The summed E-state index contributed by atoms with van der Waals surface area (Å²) in [5.74, 6) is -1.42. The monoisotopic (exact) mass is 317 g/mol. The van der Waals surface area contributed by atoms with Crippen LogP contribution < -0.4 is 5.32 Å². The molecule has 2 unspecified atom stereocenters. The highest BCUT2D eigenvalue weighted by Crippen LogP contribution is 2.16. The number of rotatable bonds is 5. The van der Waals surface area contributed by atoms with E-state index in [1.54, 1.807) is 43.3 Å². The number of hydrogen-bond donors (Lipinski definition) is 2. The van der Waals surface area contributed by atoms with Crippen molar-refractivity contribution in [2.75, 3.05) is 0 Å². The number of aliphatic hydroxyl groups is 1. The Kier molecular flexibility index (Phi) is 5.31. The highest BCUT2D eigenvalue weighted by molar-refractivity contribution is 6.43. The summed E-state index contributed by atoms with van der Waals surface area (Å²) < 4.78 is 0. The fraction of sp³-hybridized carbons (Fsp3) is 0.176. The van der Waals surface area contributed by atoms with Gasteiger partial charge >= 0.3 is 0 Å². The van der Waals surface area contributed by atoms with Gasteiger partial charge in [0.05, 0.1) is 12.1 Å². The first kappa shape index (κ1) is 16.2. The summed E-state index contributed by atoms with van der Waals surface area (Å²) in [6, 6.07) is 14.4. The van der Waals surface area contributed by atoms with Crippen molar-refractivity contribution in [1.29, 1.82) is 0 Å². The van der Waals surface area contributed by atoms with Crippen molar-refractivity contribution in [3.8, 4) is 0 Å². The first-order valence-electron chi connectivity index (χ1n) is 6.83. The van der Waals surface area contributed by atoms with Gasteiger partial charge in [-0.3, -0.25) is 9.59 Å². The number of Topliss-reactive ketones (excluding diaryl/α,β-unsaturated/α-hetero) is 1. The lowest BCUT2D eigenvalue weighted by molar-refractivity contribution is -0.118. The second kappa shape index (κ2) is 7.20. The number of aliphatic hydroxyl groups excluding tert-OH is 1. The number of amides is 1. The molecule has 0 fully saturated rings. The normalized spacial score (nSPS) is 13.2. The maximum atomic E-state index is 12.0. The van der Waals surface area contributed by atoms with Crippen LogP contribution in [-0.4, -0.2) is 22.8 Å². The van der Waals surface area contributed by atoms with Gasteiger partial charge in [0.25, 0.3) is 5.91 Å². The fourth-order valence-corrected chi connectivity index (χ4v) is 2.15. The van der Waals surface area contributed by atoms with Crippen molar-refractivity contribution >= 4 is 23.3 Å². The molecule has 0 bridgehead atoms. The number of ketones is 1. The molecule has 0 radical (unpaired) electrons. The minimum atomic E-state index is -0.886. The van der Waals surface area contributed by atoms with E-state index in [-0.39, 0.29) is 5.56 Å². The molecule has 0 aromatic heterocycles. The summed E-state index contributed by atoms with van der Waals surface area (Å²) in [7, 11) is 0. The fourth-order valence-electron chi connectivity index (χ4n) is 2.02. The molecular weight excluding hydrogens is 302 g/mol. The van der Waals surface area contributed by atoms with E-state index >= 15 is 0 Å². The third-order valence-electron chi connectivity index (χ3n) is 3.29. The minimum absolute atomic E-state index is 0.253. The molecule has 2 aromatic carbocycles. The maximum absolute atomic E-state index is 12.0. The lowest BCUT2D eigenvalue weighted by Gasteiger charge is -2.20. The van der Waals surface area contributed by atoms with Crippen LogP contribution in [0.5, 0.6) is 0 Å². The SMILES string of the molecule is CC(NC(=O)C(=O)c1ccc(Cl)cc1)C(O)c1ccccc1. The third kappa shape index (κ3) is 3.93. The van der Waals surface area contributed by atoms with Crippen LogP contribution in [0.3, 0.4) is 0 Å². The first-order valence-corrected chi connectivity index (χ1v) is 7.20. The van der Waals surface area contributed by atoms with Gasteiger partial charge in [-0.25, -0.2) is 0 Å². The third-order valence-corrected chi connectivity index (χ3v) is 3.54. The summed E-state index contributed by atoms with van der Waals surface area (Å²) >= 11 is 5.74. The summed E-state index contributed by atoms with van der Waals surface area (Å²) in [6.45, 7) is 1.64. The summed E-state index contributed by atoms with van der Waals surface area (Å²) in [6.07, 6.45) is -0.886. The van der Waals surface area contributed by atoms with Gasteiger partial charge in [-0.15, -0.1) is 0 Å². The zero-order valence-corrected chi connectivity index (χ0v) is 12.7. The molecule has 114 valence electrons. The van der Waals surface area contributed by atoms with Gasteiger partial charge in [0, 0.05) is 10.6 Å². The Morgan fingerprint density at radius 2 is 1.64 bits per heavy atom. The Morgan fingerprint density at radius 1 is 1.05 bits per heavy atom. The molecule has 2 atom stereocenters. The molecule has 0 saturated heterocycles. The molecule has 4 nitrogen and oxygen atoms in total. The molecule has 0 aliphatic rings. The zero-order chi connectivity index (χ0) is 16.1. The van der Waals surface area contributed by atoms with E-state index in [1.807, 2.05) is 6.07 Å². The van der Waals surface area contributed by atoms with Crippen LogP contribution in [0.1, 0.15) is 28.9 Å². The number of halogens is 1. The van der Waals surface area contributed by atoms with Gasteiger partial charge in [0.15, 0.2) is 0 Å². The van der Waals surface area contributed by atoms with Gasteiger partial charge in [0.1, 0.15) is 0 Å². The average Bonchev–Trinajstić information content (AvgIpc) is 2.54. The van der Waals surface area contributed by atoms with Crippen LogP contribution in [0, 0.1) is 0 Å². The van der Waals surface area contributed by atoms with Crippen LogP contribution in [0.4, 0.5) is 0 Å². The van der Waals surface area contributed by atoms with E-state index < -0.39 is 23.8 Å². The van der Waals surface area contributed by atoms with Crippen LogP contribution in [0.2, 0.25) is 5.02 Å². The number of carbonyl (C=O) groups excluding carboxylic acids is 2. The number of benzene rings is 2. The lowest BCUT2D eigenvalue weighted by atomic mass is 10.0. The molecule has 0 heterocycles. The average molecular weight is 318 g/mol. The first-order chi connectivity index (χ1) is 10.5. The van der Waals surface area contributed by atoms with Crippen LogP contribution >= 0.6 is 11.6 Å². The van der Waals surface area contributed by atoms with Gasteiger partial charge in [-0.05, 0) is 36.8 Å². The van der Waals surface area contributed by atoms with Gasteiger partial charge in [0.2, 0.25) is 5.78 Å². The Hall–Kier alpha value is -2.17. The highest BCUT2D eigenvalue weighted by atomic mass is 35.5. The predicted molar refractivity (Wildman–Crippen MR) is 84.8 cm³/mol. The largest absolute Gasteiger partial charge is 0.386 e. The van der Waals surface area contributed by atoms with Gasteiger partial charge < -0.3 is 10.4 Å². The van der Waals surface area contributed by atoms with Crippen LogP contribution in [0.25, 0.3) is 0 Å². The lowest BCUT2D eigenvalue weighted by Crippen LogP contribution is -2.40. The van der Waals surface area contributed by atoms with Gasteiger partial charge in [-0.1, -0.05) is 41.9 Å². The highest BCUT2D eigenvalue weighted by Gasteiger charge is 2.22. The smallest absolute Gasteiger partial charge is 0.292 e. The Morgan fingerprint density at radius 3 is 2.23 bits per heavy atom. The van der Waals surface area contributed by atoms with E-state index in [4.69, 9.17) is 11.6 Å². The number of carbonyl (C=O) groups is 2. The standard InChI is InChI=1S/C17H16ClNO3/c1-11(15(20)12-5-3-2-4-6-12)19-17(22)16(21)13-7-9-14(18)10-8-13/h2-11,15,20H,1H3,(H,19,22). The van der Waals surface area contributed by atoms with Crippen LogP contribution in [-0.2, 0) is 4.79 Å². The van der Waals surface area contributed by atoms with Crippen molar-refractivity contribution < 1.29 is 14.7 Å². The molecule has 5 heteroatoms. The van der Waals surface area contributed by atoms with E-state index in [0.717, 1.165) is 0 Å². The van der Waals surface area contributed by atoms with E-state index in [2.05, 4.69) is 5.32 Å². The van der Waals surface area contributed by atoms with Crippen molar-refractivity contribution in [2.45, 2.75) is 19.1 Å². The summed E-state index contributed by atoms with van der Waals surface area (Å²) in [5.41, 5.74) is 0.928. The molecule has 2 rings (SSSR count). The Labute approximate surface area is 133 Å². The minimum Gasteiger partial charge on any atom is -0.386 e. The second-order valence-corrected chi connectivity index (χ2v) is 5.39. The molecule has 22 heavy (non-hydrogen) atoms. The summed E-state index contributed by atoms with van der Waals surface area (Å²) in [5, 5.41) is 13.2. The van der Waals surface area contributed by atoms with E-state index in [1.165, 1.54) is 12.1 Å². The number of hydrogen-bond acceptors (Lipinski definition) is 3. The molecule has 2 aromatic rings. The second-order valence-electron chi connectivity index (χ2n) is 4.95. The quantitative estimate of drug-likeness (QED) is 0.658. The topological polar surface area (TPSA) is 66.4 Å².